The number of allylic oxidation sites excluding steroid dienone is 7. The van der Waals surface area contributed by atoms with Crippen LogP contribution in [0.25, 0.3) is 0 Å². The molecule has 0 aliphatic carbocycles. The van der Waals surface area contributed by atoms with E-state index in [0.29, 0.717) is 12.8 Å². The molecule has 5 nitrogen and oxygen atoms in total. The van der Waals surface area contributed by atoms with Gasteiger partial charge in [0, 0.05) is 12.5 Å². The standard InChI is InChI=1S/C24H34O5/c1-20-13-8-4-2-6-10-15-22(26)19-23(27)17-12-16-21(25)14-9-5-3-7-11-18-24(28)29-20/h2-3,6-7,9-12,14-16,18,20-23,25-27H,4-5,8,13,17,19H2,1H3. The normalized spacial score (nSPS) is 28.8. The molecule has 29 heavy (non-hydrogen) atoms. The number of aliphatic hydroxyl groups is 3. The van der Waals surface area contributed by atoms with Crippen LogP contribution in [0.4, 0.5) is 0 Å². The van der Waals surface area contributed by atoms with Gasteiger partial charge in [-0.15, -0.1) is 0 Å². The van der Waals surface area contributed by atoms with Crippen LogP contribution in [0.5, 0.6) is 0 Å². The summed E-state index contributed by atoms with van der Waals surface area (Å²) < 4.78 is 5.32. The summed E-state index contributed by atoms with van der Waals surface area (Å²) in [6.07, 6.45) is 22.2. The van der Waals surface area contributed by atoms with E-state index < -0.39 is 18.3 Å². The van der Waals surface area contributed by atoms with E-state index in [4.69, 9.17) is 4.74 Å². The first-order chi connectivity index (χ1) is 14.0. The van der Waals surface area contributed by atoms with Crippen molar-refractivity contribution in [3.8, 4) is 0 Å². The lowest BCUT2D eigenvalue weighted by Gasteiger charge is -2.11. The molecule has 4 unspecified atom stereocenters. The van der Waals surface area contributed by atoms with Gasteiger partial charge in [-0.25, -0.2) is 4.79 Å². The molecule has 160 valence electrons. The Morgan fingerprint density at radius 2 is 1.69 bits per heavy atom. The van der Waals surface area contributed by atoms with Crippen molar-refractivity contribution >= 4 is 5.97 Å². The Bertz CT molecular complexity index is 627. The number of esters is 1. The molecule has 0 saturated carbocycles. The minimum Gasteiger partial charge on any atom is -0.460 e. The van der Waals surface area contributed by atoms with Crippen molar-refractivity contribution in [2.45, 2.75) is 69.9 Å². The Morgan fingerprint density at radius 1 is 0.931 bits per heavy atom. The Kier molecular flexibility index (Phi) is 13.4. The average Bonchev–Trinajstić information content (AvgIpc) is 2.65. The fraction of sp³-hybridized carbons (Fsp3) is 0.458. The van der Waals surface area contributed by atoms with Crippen molar-refractivity contribution in [2.24, 2.45) is 0 Å². The maximum atomic E-state index is 11.7. The van der Waals surface area contributed by atoms with E-state index in [9.17, 15) is 20.1 Å². The highest BCUT2D eigenvalue weighted by Crippen LogP contribution is 2.08. The van der Waals surface area contributed by atoms with Gasteiger partial charge in [0.2, 0.25) is 0 Å². The van der Waals surface area contributed by atoms with Gasteiger partial charge in [-0.05, 0) is 39.0 Å². The number of cyclic esters (lactones) is 1. The summed E-state index contributed by atoms with van der Waals surface area (Å²) in [4.78, 5) is 11.7. The molecule has 0 amide bonds. The molecule has 0 fully saturated rings. The molecule has 1 rings (SSSR count). The number of hydrogen-bond donors (Lipinski definition) is 3. The lowest BCUT2D eigenvalue weighted by molar-refractivity contribution is -0.142. The zero-order valence-corrected chi connectivity index (χ0v) is 17.1. The summed E-state index contributed by atoms with van der Waals surface area (Å²) in [6, 6.07) is 0. The average molecular weight is 403 g/mol. The van der Waals surface area contributed by atoms with Gasteiger partial charge >= 0.3 is 5.97 Å². The molecule has 0 radical (unpaired) electrons. The summed E-state index contributed by atoms with van der Waals surface area (Å²) in [7, 11) is 0. The first kappa shape index (κ1) is 24.8. The van der Waals surface area contributed by atoms with Gasteiger partial charge < -0.3 is 20.1 Å². The van der Waals surface area contributed by atoms with E-state index in [2.05, 4.69) is 0 Å². The summed E-state index contributed by atoms with van der Waals surface area (Å²) in [5, 5.41) is 29.8. The Hall–Kier alpha value is -2.21. The Labute approximate surface area is 174 Å². The molecule has 1 aliphatic heterocycles. The fourth-order valence-corrected chi connectivity index (χ4v) is 2.67. The van der Waals surface area contributed by atoms with E-state index in [1.807, 2.05) is 31.2 Å². The van der Waals surface area contributed by atoms with Crippen molar-refractivity contribution in [1.82, 2.24) is 0 Å². The maximum Gasteiger partial charge on any atom is 0.331 e. The molecular weight excluding hydrogens is 368 g/mol. The number of rotatable bonds is 0. The molecule has 4 atom stereocenters. The number of hydrogen-bond acceptors (Lipinski definition) is 5. The number of ether oxygens (including phenoxy) is 1. The van der Waals surface area contributed by atoms with E-state index in [1.165, 1.54) is 6.08 Å². The summed E-state index contributed by atoms with van der Waals surface area (Å²) in [5.41, 5.74) is 0. The first-order valence-electron chi connectivity index (χ1n) is 10.2. The molecule has 0 aromatic rings. The molecule has 0 saturated heterocycles. The van der Waals surface area contributed by atoms with Crippen molar-refractivity contribution in [3.63, 3.8) is 0 Å². The quantitative estimate of drug-likeness (QED) is 0.425. The van der Waals surface area contributed by atoms with Crippen molar-refractivity contribution in [2.75, 3.05) is 0 Å². The van der Waals surface area contributed by atoms with Crippen molar-refractivity contribution in [1.29, 1.82) is 0 Å². The third kappa shape index (κ3) is 14.4. The molecule has 1 heterocycles. The molecular formula is C24H34O5. The van der Waals surface area contributed by atoms with Crippen LogP contribution in [0.2, 0.25) is 0 Å². The highest BCUT2D eigenvalue weighted by Gasteiger charge is 2.08. The van der Waals surface area contributed by atoms with Gasteiger partial charge in [0.15, 0.2) is 0 Å². The van der Waals surface area contributed by atoms with Gasteiger partial charge in [-0.2, -0.15) is 0 Å². The lowest BCUT2D eigenvalue weighted by Crippen LogP contribution is -2.15. The van der Waals surface area contributed by atoms with Crippen molar-refractivity contribution in [3.05, 3.63) is 72.9 Å². The van der Waals surface area contributed by atoms with E-state index in [1.54, 1.807) is 42.5 Å². The highest BCUT2D eigenvalue weighted by atomic mass is 16.5. The van der Waals surface area contributed by atoms with Crippen molar-refractivity contribution < 1.29 is 24.9 Å². The second kappa shape index (κ2) is 15.7. The van der Waals surface area contributed by atoms with Crippen LogP contribution in [0, 0.1) is 0 Å². The van der Waals surface area contributed by atoms with Gasteiger partial charge in [0.05, 0.1) is 24.4 Å². The fourth-order valence-electron chi connectivity index (χ4n) is 2.67. The second-order valence-electron chi connectivity index (χ2n) is 7.05. The lowest BCUT2D eigenvalue weighted by atomic mass is 10.1. The molecule has 3 N–H and O–H groups in total. The summed E-state index contributed by atoms with van der Waals surface area (Å²) in [5.74, 6) is -0.359. The summed E-state index contributed by atoms with van der Waals surface area (Å²) >= 11 is 0. The number of carbonyl (C=O) groups excluding carboxylic acids is 1. The largest absolute Gasteiger partial charge is 0.460 e. The minimum absolute atomic E-state index is 0.147. The highest BCUT2D eigenvalue weighted by molar-refractivity contribution is 5.82. The predicted octanol–water partition coefficient (Wildman–Crippen LogP) is 3.69. The van der Waals surface area contributed by atoms with Crippen LogP contribution in [0.15, 0.2) is 72.9 Å². The van der Waals surface area contributed by atoms with Gasteiger partial charge in [-0.1, -0.05) is 66.8 Å². The predicted molar refractivity (Wildman–Crippen MR) is 116 cm³/mol. The topological polar surface area (TPSA) is 87.0 Å². The molecule has 0 aromatic heterocycles. The second-order valence-corrected chi connectivity index (χ2v) is 7.05. The van der Waals surface area contributed by atoms with E-state index >= 15 is 0 Å². The van der Waals surface area contributed by atoms with Crippen LogP contribution in [-0.4, -0.2) is 45.7 Å². The minimum atomic E-state index is -0.733. The Balaban J connectivity index is 2.66. The first-order valence-corrected chi connectivity index (χ1v) is 10.2. The van der Waals surface area contributed by atoms with Crippen LogP contribution in [0.1, 0.15) is 45.4 Å². The van der Waals surface area contributed by atoms with Crippen LogP contribution in [0.3, 0.4) is 0 Å². The van der Waals surface area contributed by atoms with Crippen LogP contribution in [-0.2, 0) is 9.53 Å². The van der Waals surface area contributed by atoms with Gasteiger partial charge in [-0.3, -0.25) is 0 Å². The SMILES string of the molecule is CC1CCCC=CC=CC(O)CC(O)CC=CC(O)C=CCC=CC=CC(=O)O1. The van der Waals surface area contributed by atoms with Crippen LogP contribution < -0.4 is 0 Å². The third-order valence-corrected chi connectivity index (χ3v) is 4.22. The van der Waals surface area contributed by atoms with E-state index in [0.717, 1.165) is 19.3 Å². The van der Waals surface area contributed by atoms with Gasteiger partial charge in [0.1, 0.15) is 0 Å². The molecule has 1 aliphatic rings. The third-order valence-electron chi connectivity index (χ3n) is 4.22. The molecule has 0 bridgehead atoms. The Morgan fingerprint density at radius 3 is 2.52 bits per heavy atom. The molecule has 0 spiro atoms. The number of aliphatic hydroxyl groups excluding tert-OH is 3. The zero-order chi connectivity index (χ0) is 21.3. The van der Waals surface area contributed by atoms with E-state index in [-0.39, 0.29) is 18.5 Å². The van der Waals surface area contributed by atoms with Crippen LogP contribution >= 0.6 is 0 Å². The van der Waals surface area contributed by atoms with Gasteiger partial charge in [0.25, 0.3) is 0 Å². The number of carbonyl (C=O) groups is 1. The maximum absolute atomic E-state index is 11.7. The monoisotopic (exact) mass is 402 g/mol. The zero-order valence-electron chi connectivity index (χ0n) is 17.1. The molecule has 0 aromatic carbocycles. The molecule has 5 heteroatoms. The summed E-state index contributed by atoms with van der Waals surface area (Å²) in [6.45, 7) is 1.88. The smallest absolute Gasteiger partial charge is 0.331 e.